The van der Waals surface area contributed by atoms with Crippen LogP contribution in [-0.2, 0) is 23.2 Å². The number of rotatable bonds is 16. The van der Waals surface area contributed by atoms with Gasteiger partial charge in [-0.25, -0.2) is 5.06 Å². The Kier molecular flexibility index (Phi) is 13.9. The molecule has 1 aliphatic rings. The SMILES string of the molecule is C=C1C[C@H](CCCO[Si](c2ccccc2)(c2ccccc2)C(C)(C)C)O[C@H]1CCC(C[C@@H](C)C(=O)N(C)OC)O[Si](C)(C)C(C)(C)C. The molecule has 1 aliphatic heterocycles. The van der Waals surface area contributed by atoms with E-state index in [-0.39, 0.29) is 40.2 Å². The average Bonchev–Trinajstić information content (AvgIpc) is 3.37. The average molecular weight is 682 g/mol. The minimum Gasteiger partial charge on any atom is -0.414 e. The van der Waals surface area contributed by atoms with Crippen LogP contribution >= 0.6 is 0 Å². The molecule has 262 valence electrons. The van der Waals surface area contributed by atoms with Gasteiger partial charge in [0.25, 0.3) is 8.32 Å². The molecule has 0 radical (unpaired) electrons. The molecule has 2 aromatic rings. The van der Waals surface area contributed by atoms with Gasteiger partial charge in [0, 0.05) is 25.7 Å². The zero-order valence-electron chi connectivity index (χ0n) is 31.2. The summed E-state index contributed by atoms with van der Waals surface area (Å²) in [6.07, 6.45) is 5.19. The van der Waals surface area contributed by atoms with Gasteiger partial charge < -0.3 is 13.6 Å². The van der Waals surface area contributed by atoms with Crippen molar-refractivity contribution in [3.63, 3.8) is 0 Å². The van der Waals surface area contributed by atoms with E-state index in [0.29, 0.717) is 13.0 Å². The van der Waals surface area contributed by atoms with Crippen LogP contribution in [0.5, 0.6) is 0 Å². The van der Waals surface area contributed by atoms with Crippen molar-refractivity contribution >= 4 is 32.9 Å². The van der Waals surface area contributed by atoms with E-state index in [1.807, 2.05) is 6.92 Å². The third kappa shape index (κ3) is 9.99. The number of nitrogens with zero attached hydrogens (tertiary/aromatic N) is 1. The molecule has 47 heavy (non-hydrogen) atoms. The number of hydroxylamine groups is 2. The fourth-order valence-electron chi connectivity index (χ4n) is 6.59. The van der Waals surface area contributed by atoms with Crippen LogP contribution < -0.4 is 10.4 Å². The monoisotopic (exact) mass is 681 g/mol. The van der Waals surface area contributed by atoms with Gasteiger partial charge in [0.2, 0.25) is 5.91 Å². The van der Waals surface area contributed by atoms with Crippen LogP contribution in [0, 0.1) is 5.92 Å². The minimum absolute atomic E-state index is 0.00997. The number of benzene rings is 2. The highest BCUT2D eigenvalue weighted by Gasteiger charge is 2.50. The maximum Gasteiger partial charge on any atom is 0.261 e. The molecule has 2 aromatic carbocycles. The van der Waals surface area contributed by atoms with Gasteiger partial charge in [0.15, 0.2) is 8.32 Å². The first kappa shape index (κ1) is 39.4. The summed E-state index contributed by atoms with van der Waals surface area (Å²) < 4.78 is 20.6. The van der Waals surface area contributed by atoms with Crippen LogP contribution in [0.3, 0.4) is 0 Å². The van der Waals surface area contributed by atoms with Crippen molar-refractivity contribution in [2.45, 2.75) is 128 Å². The topological polar surface area (TPSA) is 57.2 Å². The number of hydrogen-bond donors (Lipinski definition) is 0. The lowest BCUT2D eigenvalue weighted by Crippen LogP contribution is -2.66. The molecule has 6 nitrogen and oxygen atoms in total. The molecule has 0 aromatic heterocycles. The number of ether oxygens (including phenoxy) is 1. The third-order valence-corrected chi connectivity index (χ3v) is 19.9. The Morgan fingerprint density at radius 2 is 1.51 bits per heavy atom. The number of carbonyl (C=O) groups excluding carboxylic acids is 1. The summed E-state index contributed by atoms with van der Waals surface area (Å²) in [4.78, 5) is 18.0. The second-order valence-electron chi connectivity index (χ2n) is 16.0. The third-order valence-electron chi connectivity index (χ3n) is 10.3. The molecule has 1 heterocycles. The Hall–Kier alpha value is -2.08. The molecule has 0 aliphatic carbocycles. The minimum atomic E-state index is -2.55. The summed E-state index contributed by atoms with van der Waals surface area (Å²) in [5, 5.41) is 3.98. The summed E-state index contributed by atoms with van der Waals surface area (Å²) >= 11 is 0. The number of amides is 1. The molecule has 0 spiro atoms. The zero-order valence-corrected chi connectivity index (χ0v) is 33.2. The molecule has 1 saturated heterocycles. The zero-order chi connectivity index (χ0) is 35.0. The molecule has 0 N–H and O–H groups in total. The van der Waals surface area contributed by atoms with E-state index in [4.69, 9.17) is 18.4 Å². The molecule has 1 fully saturated rings. The lowest BCUT2D eigenvalue weighted by molar-refractivity contribution is -0.173. The van der Waals surface area contributed by atoms with Gasteiger partial charge in [0.05, 0.1) is 19.3 Å². The predicted octanol–water partition coefficient (Wildman–Crippen LogP) is 8.27. The van der Waals surface area contributed by atoms with Crippen molar-refractivity contribution in [1.82, 2.24) is 5.06 Å². The van der Waals surface area contributed by atoms with E-state index in [9.17, 15) is 4.79 Å². The molecule has 0 saturated carbocycles. The first-order valence-corrected chi connectivity index (χ1v) is 22.3. The van der Waals surface area contributed by atoms with Gasteiger partial charge >= 0.3 is 0 Å². The predicted molar refractivity (Wildman–Crippen MR) is 200 cm³/mol. The Labute approximate surface area is 288 Å². The van der Waals surface area contributed by atoms with Crippen LogP contribution in [0.2, 0.25) is 23.2 Å². The smallest absolute Gasteiger partial charge is 0.261 e. The van der Waals surface area contributed by atoms with Gasteiger partial charge in [-0.3, -0.25) is 9.63 Å². The normalized spacial score (nSPS) is 19.1. The summed E-state index contributed by atoms with van der Waals surface area (Å²) in [5.41, 5.74) is 1.16. The molecule has 0 bridgehead atoms. The molecule has 1 amide bonds. The largest absolute Gasteiger partial charge is 0.414 e. The van der Waals surface area contributed by atoms with Gasteiger partial charge in [-0.1, -0.05) is 116 Å². The second kappa shape index (κ2) is 16.6. The van der Waals surface area contributed by atoms with E-state index in [0.717, 1.165) is 37.7 Å². The van der Waals surface area contributed by atoms with Crippen molar-refractivity contribution in [2.24, 2.45) is 5.92 Å². The summed E-state index contributed by atoms with van der Waals surface area (Å²) in [5.74, 6) is -0.232. The standard InChI is InChI=1S/C39H63NO5Si2/c1-30-28-32(20-19-27-43-47(39(6,7)8,34-21-15-13-16-22-34)35-23-17-14-18-24-35)44-36(30)26-25-33(45-46(11,12)38(3,4)5)29-31(2)37(41)40(9)42-10/h13-18,21-24,31-33,36H,1,19-20,25-29H2,2-12H3/t31-,32+,33?,36+/m1/s1. The Morgan fingerprint density at radius 3 is 2.00 bits per heavy atom. The first-order valence-electron chi connectivity index (χ1n) is 17.5. The van der Waals surface area contributed by atoms with Gasteiger partial charge in [0.1, 0.15) is 0 Å². The lowest BCUT2D eigenvalue weighted by atomic mass is 9.96. The summed E-state index contributed by atoms with van der Waals surface area (Å²) in [7, 11) is -1.40. The van der Waals surface area contributed by atoms with Crippen LogP contribution in [0.1, 0.15) is 87.0 Å². The van der Waals surface area contributed by atoms with Crippen LogP contribution in [0.25, 0.3) is 0 Å². The molecule has 1 unspecified atom stereocenters. The lowest BCUT2D eigenvalue weighted by Gasteiger charge is -2.43. The maximum atomic E-state index is 12.8. The number of hydrogen-bond acceptors (Lipinski definition) is 5. The van der Waals surface area contributed by atoms with Crippen molar-refractivity contribution < 1.29 is 23.2 Å². The molecule has 8 heteroatoms. The van der Waals surface area contributed by atoms with E-state index >= 15 is 0 Å². The highest BCUT2D eigenvalue weighted by molar-refractivity contribution is 6.99. The van der Waals surface area contributed by atoms with E-state index in [2.05, 4.69) is 122 Å². The highest BCUT2D eigenvalue weighted by Crippen LogP contribution is 2.40. The fraction of sp³-hybridized carbons (Fsp3) is 0.615. The fourth-order valence-corrected chi connectivity index (χ4v) is 12.6. The molecular formula is C39H63NO5Si2. The number of carbonyl (C=O) groups is 1. The Bertz CT molecular complexity index is 1230. The van der Waals surface area contributed by atoms with Crippen LogP contribution in [-0.4, -0.2) is 66.7 Å². The first-order chi connectivity index (χ1) is 21.9. The molecule has 4 atom stereocenters. The molecule has 3 rings (SSSR count). The highest BCUT2D eigenvalue weighted by atomic mass is 28.4. The Balaban J connectivity index is 1.64. The van der Waals surface area contributed by atoms with Gasteiger partial charge in [-0.05, 0) is 77.6 Å². The van der Waals surface area contributed by atoms with Crippen LogP contribution in [0.15, 0.2) is 72.8 Å². The van der Waals surface area contributed by atoms with Gasteiger partial charge in [-0.15, -0.1) is 0 Å². The van der Waals surface area contributed by atoms with Crippen molar-refractivity contribution in [1.29, 1.82) is 0 Å². The van der Waals surface area contributed by atoms with E-state index < -0.39 is 16.6 Å². The van der Waals surface area contributed by atoms with E-state index in [1.165, 1.54) is 22.5 Å². The van der Waals surface area contributed by atoms with Crippen molar-refractivity contribution in [2.75, 3.05) is 20.8 Å². The van der Waals surface area contributed by atoms with Crippen LogP contribution in [0.4, 0.5) is 0 Å². The molecular weight excluding hydrogens is 619 g/mol. The van der Waals surface area contributed by atoms with Gasteiger partial charge in [-0.2, -0.15) is 0 Å². The second-order valence-corrected chi connectivity index (χ2v) is 25.1. The summed E-state index contributed by atoms with van der Waals surface area (Å²) in [6.45, 7) is 25.4. The Morgan fingerprint density at radius 1 is 0.957 bits per heavy atom. The van der Waals surface area contributed by atoms with Crippen molar-refractivity contribution in [3.05, 3.63) is 72.8 Å². The maximum absolute atomic E-state index is 12.8. The quantitative estimate of drug-likeness (QED) is 0.0773. The summed E-state index contributed by atoms with van der Waals surface area (Å²) in [6, 6.07) is 21.7. The van der Waals surface area contributed by atoms with E-state index in [1.54, 1.807) is 7.05 Å². The van der Waals surface area contributed by atoms with Crippen molar-refractivity contribution in [3.8, 4) is 0 Å².